The van der Waals surface area contributed by atoms with Crippen LogP contribution < -0.4 is 10.5 Å². The molecule has 0 radical (unpaired) electrons. The second-order valence-electron chi connectivity index (χ2n) is 4.19. The number of rotatable bonds is 3. The third-order valence-corrected chi connectivity index (χ3v) is 2.79. The maximum atomic E-state index is 5.80. The zero-order valence-electron chi connectivity index (χ0n) is 10.3. The summed E-state index contributed by atoms with van der Waals surface area (Å²) in [6, 6.07) is 15.6. The smallest absolute Gasteiger partial charge is 0.147 e. The van der Waals surface area contributed by atoms with Crippen LogP contribution in [-0.4, -0.2) is 9.97 Å². The van der Waals surface area contributed by atoms with Crippen LogP contribution in [0.3, 0.4) is 0 Å². The Labute approximate surface area is 110 Å². The van der Waals surface area contributed by atoms with Gasteiger partial charge in [0.25, 0.3) is 0 Å². The summed E-state index contributed by atoms with van der Waals surface area (Å²) in [5, 5.41) is 0. The minimum atomic E-state index is 0.392. The molecular weight excluding hydrogens is 238 g/mol. The van der Waals surface area contributed by atoms with Gasteiger partial charge in [-0.15, -0.1) is 0 Å². The molecule has 4 heteroatoms. The first-order chi connectivity index (χ1) is 9.33. The van der Waals surface area contributed by atoms with E-state index in [9.17, 15) is 0 Å². The molecule has 1 aromatic heterocycles. The highest BCUT2D eigenvalue weighted by Gasteiger charge is 2.05. The number of ether oxygens (including phenoxy) is 1. The fourth-order valence-electron chi connectivity index (χ4n) is 1.87. The quantitative estimate of drug-likeness (QED) is 0.777. The van der Waals surface area contributed by atoms with Gasteiger partial charge in [0, 0.05) is 0 Å². The molecule has 2 N–H and O–H groups in total. The molecule has 0 saturated carbocycles. The van der Waals surface area contributed by atoms with Crippen LogP contribution in [0.1, 0.15) is 5.56 Å². The third kappa shape index (κ3) is 2.47. The average molecular weight is 251 g/mol. The van der Waals surface area contributed by atoms with Gasteiger partial charge in [-0.1, -0.05) is 36.4 Å². The fraction of sp³-hybridized carbons (Fsp3) is 0.0667. The van der Waals surface area contributed by atoms with E-state index in [2.05, 4.69) is 9.97 Å². The highest BCUT2D eigenvalue weighted by atomic mass is 16.5. The summed E-state index contributed by atoms with van der Waals surface area (Å²) in [6.07, 6.45) is 1.54. The van der Waals surface area contributed by atoms with Crippen LogP contribution >= 0.6 is 0 Å². The van der Waals surface area contributed by atoms with Crippen molar-refractivity contribution >= 4 is 16.9 Å². The molecule has 19 heavy (non-hydrogen) atoms. The first kappa shape index (κ1) is 11.5. The molecule has 0 atom stereocenters. The van der Waals surface area contributed by atoms with Crippen molar-refractivity contribution in [1.82, 2.24) is 9.97 Å². The Bertz CT molecular complexity index is 698. The van der Waals surface area contributed by atoms with Crippen molar-refractivity contribution in [3.05, 3.63) is 60.3 Å². The van der Waals surface area contributed by atoms with Gasteiger partial charge in [0.2, 0.25) is 0 Å². The Morgan fingerprint density at radius 1 is 1.00 bits per heavy atom. The predicted octanol–water partition coefficient (Wildman–Crippen LogP) is 2.79. The first-order valence-corrected chi connectivity index (χ1v) is 6.01. The standard InChI is InChI=1S/C15H13N3O/c16-14-9-17-12-7-4-8-13(15(12)18-14)19-10-11-5-2-1-3-6-11/h1-9H,10H2,(H2,16,18). The largest absolute Gasteiger partial charge is 0.487 e. The molecule has 2 aromatic carbocycles. The summed E-state index contributed by atoms with van der Waals surface area (Å²) in [7, 11) is 0. The van der Waals surface area contributed by atoms with E-state index >= 15 is 0 Å². The molecule has 0 unspecified atom stereocenters. The van der Waals surface area contributed by atoms with E-state index in [1.807, 2.05) is 48.5 Å². The number of nitrogens with two attached hydrogens (primary N) is 1. The second kappa shape index (κ2) is 4.94. The van der Waals surface area contributed by atoms with E-state index in [0.29, 0.717) is 23.7 Å². The van der Waals surface area contributed by atoms with Crippen molar-refractivity contribution < 1.29 is 4.74 Å². The number of para-hydroxylation sites is 1. The Morgan fingerprint density at radius 2 is 1.84 bits per heavy atom. The van der Waals surface area contributed by atoms with E-state index in [1.54, 1.807) is 6.20 Å². The van der Waals surface area contributed by atoms with E-state index < -0.39 is 0 Å². The lowest BCUT2D eigenvalue weighted by atomic mass is 10.2. The molecule has 0 aliphatic rings. The predicted molar refractivity (Wildman–Crippen MR) is 74.7 cm³/mol. The Morgan fingerprint density at radius 3 is 2.68 bits per heavy atom. The maximum absolute atomic E-state index is 5.80. The van der Waals surface area contributed by atoms with Gasteiger partial charge >= 0.3 is 0 Å². The number of fused-ring (bicyclic) bond motifs is 1. The molecule has 0 bridgehead atoms. The van der Waals surface area contributed by atoms with E-state index in [0.717, 1.165) is 11.1 Å². The third-order valence-electron chi connectivity index (χ3n) is 2.79. The van der Waals surface area contributed by atoms with E-state index in [-0.39, 0.29) is 0 Å². The van der Waals surface area contributed by atoms with E-state index in [4.69, 9.17) is 10.5 Å². The van der Waals surface area contributed by atoms with Gasteiger partial charge in [0.15, 0.2) is 0 Å². The Hall–Kier alpha value is -2.62. The molecule has 0 fully saturated rings. The number of hydrogen-bond donors (Lipinski definition) is 1. The minimum Gasteiger partial charge on any atom is -0.487 e. The zero-order chi connectivity index (χ0) is 13.1. The molecule has 0 amide bonds. The number of aromatic nitrogens is 2. The molecule has 1 heterocycles. The van der Waals surface area contributed by atoms with Crippen LogP contribution in [0.25, 0.3) is 11.0 Å². The molecule has 0 spiro atoms. The molecule has 0 aliphatic heterocycles. The van der Waals surface area contributed by atoms with Crippen molar-refractivity contribution in [1.29, 1.82) is 0 Å². The van der Waals surface area contributed by atoms with Gasteiger partial charge in [-0.25, -0.2) is 4.98 Å². The highest BCUT2D eigenvalue weighted by Crippen LogP contribution is 2.23. The summed E-state index contributed by atoms with van der Waals surface area (Å²) in [6.45, 7) is 0.496. The zero-order valence-corrected chi connectivity index (χ0v) is 10.3. The number of benzene rings is 2. The lowest BCUT2D eigenvalue weighted by molar-refractivity contribution is 0.309. The van der Waals surface area contributed by atoms with Crippen LogP contribution in [0.5, 0.6) is 5.75 Å². The summed E-state index contributed by atoms with van der Waals surface area (Å²) >= 11 is 0. The molecule has 0 aliphatic carbocycles. The molecule has 3 aromatic rings. The first-order valence-electron chi connectivity index (χ1n) is 6.01. The summed E-state index contributed by atoms with van der Waals surface area (Å²) in [5.74, 6) is 1.09. The number of anilines is 1. The van der Waals surface area contributed by atoms with Crippen molar-refractivity contribution in [2.24, 2.45) is 0 Å². The van der Waals surface area contributed by atoms with Crippen LogP contribution in [0.2, 0.25) is 0 Å². The summed E-state index contributed by atoms with van der Waals surface area (Å²) < 4.78 is 5.80. The van der Waals surface area contributed by atoms with Gasteiger partial charge in [0.05, 0.1) is 11.7 Å². The van der Waals surface area contributed by atoms with Crippen LogP contribution in [0.15, 0.2) is 54.7 Å². The van der Waals surface area contributed by atoms with Crippen LogP contribution in [0, 0.1) is 0 Å². The molecule has 4 nitrogen and oxygen atoms in total. The molecule has 0 saturated heterocycles. The monoisotopic (exact) mass is 251 g/mol. The van der Waals surface area contributed by atoms with Gasteiger partial charge in [-0.3, -0.25) is 4.98 Å². The fourth-order valence-corrected chi connectivity index (χ4v) is 1.87. The van der Waals surface area contributed by atoms with E-state index in [1.165, 1.54) is 0 Å². The summed E-state index contributed by atoms with van der Waals surface area (Å²) in [4.78, 5) is 8.51. The van der Waals surface area contributed by atoms with Crippen molar-refractivity contribution in [3.63, 3.8) is 0 Å². The summed E-state index contributed by atoms with van der Waals surface area (Å²) in [5.41, 5.74) is 8.25. The van der Waals surface area contributed by atoms with Crippen molar-refractivity contribution in [2.45, 2.75) is 6.61 Å². The second-order valence-corrected chi connectivity index (χ2v) is 4.19. The number of nitrogens with zero attached hydrogens (tertiary/aromatic N) is 2. The van der Waals surface area contributed by atoms with Crippen molar-refractivity contribution in [3.8, 4) is 5.75 Å². The lowest BCUT2D eigenvalue weighted by Crippen LogP contribution is -1.98. The lowest BCUT2D eigenvalue weighted by Gasteiger charge is -2.08. The Balaban J connectivity index is 1.90. The topological polar surface area (TPSA) is 61.0 Å². The molecule has 3 rings (SSSR count). The SMILES string of the molecule is Nc1cnc2cccc(OCc3ccccc3)c2n1. The van der Waals surface area contributed by atoms with Crippen LogP contribution in [-0.2, 0) is 6.61 Å². The maximum Gasteiger partial charge on any atom is 0.147 e. The minimum absolute atomic E-state index is 0.392. The number of hydrogen-bond acceptors (Lipinski definition) is 4. The van der Waals surface area contributed by atoms with Gasteiger partial charge in [-0.2, -0.15) is 0 Å². The van der Waals surface area contributed by atoms with Crippen molar-refractivity contribution in [2.75, 3.05) is 5.73 Å². The molecular formula is C15H13N3O. The van der Waals surface area contributed by atoms with Gasteiger partial charge in [0.1, 0.15) is 23.7 Å². The highest BCUT2D eigenvalue weighted by molar-refractivity contribution is 5.81. The molecule has 94 valence electrons. The Kier molecular flexibility index (Phi) is 2.98. The van der Waals surface area contributed by atoms with Crippen LogP contribution in [0.4, 0.5) is 5.82 Å². The average Bonchev–Trinajstić information content (AvgIpc) is 2.46. The normalized spacial score (nSPS) is 10.5. The van der Waals surface area contributed by atoms with Gasteiger partial charge < -0.3 is 10.5 Å². The van der Waals surface area contributed by atoms with Gasteiger partial charge in [-0.05, 0) is 17.7 Å². The number of nitrogen functional groups attached to an aromatic ring is 1.